The van der Waals surface area contributed by atoms with Gasteiger partial charge in [-0.15, -0.1) is 0 Å². The topological polar surface area (TPSA) is 38.3 Å². The second-order valence-corrected chi connectivity index (χ2v) is 5.27. The number of benzene rings is 1. The Kier molecular flexibility index (Phi) is 4.40. The molecular formula is C15H20FNO2. The third-order valence-electron chi connectivity index (χ3n) is 3.25. The van der Waals surface area contributed by atoms with Crippen LogP contribution in [0.1, 0.15) is 49.9 Å². The van der Waals surface area contributed by atoms with Crippen LogP contribution in [0.25, 0.3) is 0 Å². The van der Waals surface area contributed by atoms with Crippen molar-refractivity contribution in [2.75, 3.05) is 0 Å². The number of carbonyl (C=O) groups is 1. The third-order valence-corrected chi connectivity index (χ3v) is 3.25. The van der Waals surface area contributed by atoms with Crippen LogP contribution in [0.3, 0.4) is 0 Å². The number of carbonyl (C=O) groups excluding carboxylic acids is 1. The highest BCUT2D eigenvalue weighted by Crippen LogP contribution is 2.21. The monoisotopic (exact) mass is 265 g/mol. The van der Waals surface area contributed by atoms with Crippen LogP contribution < -0.4 is 10.1 Å². The highest BCUT2D eigenvalue weighted by Gasteiger charge is 2.18. The van der Waals surface area contributed by atoms with Crippen LogP contribution in [0.4, 0.5) is 4.39 Å². The molecule has 0 bridgehead atoms. The molecule has 4 heteroatoms. The Morgan fingerprint density at radius 1 is 1.37 bits per heavy atom. The van der Waals surface area contributed by atoms with Gasteiger partial charge in [-0.05, 0) is 44.9 Å². The summed E-state index contributed by atoms with van der Waals surface area (Å²) in [5.74, 6) is -0.512. The van der Waals surface area contributed by atoms with Crippen LogP contribution >= 0.6 is 0 Å². The summed E-state index contributed by atoms with van der Waals surface area (Å²) >= 11 is 0. The van der Waals surface area contributed by atoms with E-state index >= 15 is 0 Å². The number of ether oxygens (including phenoxy) is 1. The summed E-state index contributed by atoms with van der Waals surface area (Å²) < 4.78 is 19.1. The molecule has 0 radical (unpaired) electrons. The SMILES string of the molecule is CC(C)Oc1ccc(C(=O)NC2CCCC2)cc1F. The van der Waals surface area contributed by atoms with Crippen LogP contribution in [0.2, 0.25) is 0 Å². The van der Waals surface area contributed by atoms with Crippen molar-refractivity contribution in [2.45, 2.75) is 51.7 Å². The number of nitrogens with one attached hydrogen (secondary N) is 1. The Labute approximate surface area is 113 Å². The largest absolute Gasteiger partial charge is 0.488 e. The minimum absolute atomic E-state index is 0.0901. The van der Waals surface area contributed by atoms with Gasteiger partial charge in [0.1, 0.15) is 0 Å². The van der Waals surface area contributed by atoms with Crippen molar-refractivity contribution in [1.82, 2.24) is 5.32 Å². The van der Waals surface area contributed by atoms with Gasteiger partial charge in [-0.3, -0.25) is 4.79 Å². The molecule has 19 heavy (non-hydrogen) atoms. The molecule has 1 amide bonds. The molecule has 104 valence electrons. The minimum Gasteiger partial charge on any atom is -0.488 e. The Morgan fingerprint density at radius 3 is 2.63 bits per heavy atom. The molecule has 2 rings (SSSR count). The van der Waals surface area contributed by atoms with Crippen molar-refractivity contribution in [3.05, 3.63) is 29.6 Å². The van der Waals surface area contributed by atoms with Crippen LogP contribution in [-0.2, 0) is 0 Å². The molecule has 1 aliphatic carbocycles. The Balaban J connectivity index is 2.03. The van der Waals surface area contributed by atoms with E-state index in [1.807, 2.05) is 13.8 Å². The van der Waals surface area contributed by atoms with Crippen molar-refractivity contribution in [3.8, 4) is 5.75 Å². The Hall–Kier alpha value is -1.58. The summed E-state index contributed by atoms with van der Waals surface area (Å²) in [4.78, 5) is 12.0. The summed E-state index contributed by atoms with van der Waals surface area (Å²) in [7, 11) is 0. The van der Waals surface area contributed by atoms with Crippen molar-refractivity contribution >= 4 is 5.91 Å². The summed E-state index contributed by atoms with van der Waals surface area (Å²) in [6.07, 6.45) is 4.25. The number of hydrogen-bond acceptors (Lipinski definition) is 2. The zero-order valence-corrected chi connectivity index (χ0v) is 11.4. The number of hydrogen-bond donors (Lipinski definition) is 1. The second kappa shape index (κ2) is 6.04. The molecule has 0 unspecified atom stereocenters. The highest BCUT2D eigenvalue weighted by molar-refractivity contribution is 5.94. The lowest BCUT2D eigenvalue weighted by Gasteiger charge is -2.13. The zero-order chi connectivity index (χ0) is 13.8. The van der Waals surface area contributed by atoms with Gasteiger partial charge in [-0.25, -0.2) is 4.39 Å². The van der Waals surface area contributed by atoms with Crippen LogP contribution in [-0.4, -0.2) is 18.1 Å². The summed E-state index contributed by atoms with van der Waals surface area (Å²) in [5.41, 5.74) is 0.348. The van der Waals surface area contributed by atoms with E-state index in [-0.39, 0.29) is 23.8 Å². The lowest BCUT2D eigenvalue weighted by atomic mass is 10.1. The molecule has 0 atom stereocenters. The smallest absolute Gasteiger partial charge is 0.251 e. The quantitative estimate of drug-likeness (QED) is 0.907. The van der Waals surface area contributed by atoms with Crippen LogP contribution in [0.15, 0.2) is 18.2 Å². The van der Waals surface area contributed by atoms with E-state index in [1.165, 1.54) is 12.1 Å². The van der Waals surface area contributed by atoms with E-state index in [0.717, 1.165) is 25.7 Å². The lowest BCUT2D eigenvalue weighted by molar-refractivity contribution is 0.0937. The van der Waals surface area contributed by atoms with Gasteiger partial charge in [-0.2, -0.15) is 0 Å². The first-order valence-corrected chi connectivity index (χ1v) is 6.83. The third kappa shape index (κ3) is 3.69. The molecule has 1 aliphatic rings. The van der Waals surface area contributed by atoms with Crippen LogP contribution in [0.5, 0.6) is 5.75 Å². The minimum atomic E-state index is -0.493. The molecule has 0 aliphatic heterocycles. The van der Waals surface area contributed by atoms with E-state index in [1.54, 1.807) is 6.07 Å². The van der Waals surface area contributed by atoms with E-state index in [2.05, 4.69) is 5.32 Å². The van der Waals surface area contributed by atoms with Crippen molar-refractivity contribution in [2.24, 2.45) is 0 Å². The molecule has 1 N–H and O–H groups in total. The van der Waals surface area contributed by atoms with Gasteiger partial charge in [-0.1, -0.05) is 12.8 Å². The zero-order valence-electron chi connectivity index (χ0n) is 11.4. The first-order valence-electron chi connectivity index (χ1n) is 6.83. The molecule has 3 nitrogen and oxygen atoms in total. The summed E-state index contributed by atoms with van der Waals surface area (Å²) in [6, 6.07) is 4.59. The Bertz CT molecular complexity index is 453. The normalized spacial score (nSPS) is 15.8. The molecule has 1 saturated carbocycles. The van der Waals surface area contributed by atoms with Gasteiger partial charge in [0.05, 0.1) is 6.10 Å². The molecule has 0 aromatic heterocycles. The molecule has 1 fully saturated rings. The molecule has 1 aromatic rings. The predicted octanol–water partition coefficient (Wildman–Crippen LogP) is 3.29. The van der Waals surface area contributed by atoms with Crippen molar-refractivity contribution in [1.29, 1.82) is 0 Å². The second-order valence-electron chi connectivity index (χ2n) is 5.27. The maximum Gasteiger partial charge on any atom is 0.251 e. The molecular weight excluding hydrogens is 245 g/mol. The Morgan fingerprint density at radius 2 is 2.05 bits per heavy atom. The van der Waals surface area contributed by atoms with Gasteiger partial charge in [0.2, 0.25) is 0 Å². The lowest BCUT2D eigenvalue weighted by Crippen LogP contribution is -2.32. The fraction of sp³-hybridized carbons (Fsp3) is 0.533. The van der Waals surface area contributed by atoms with Gasteiger partial charge < -0.3 is 10.1 Å². The molecule has 0 heterocycles. The first-order chi connectivity index (χ1) is 9.06. The van der Waals surface area contributed by atoms with Gasteiger partial charge in [0.25, 0.3) is 5.91 Å². The van der Waals surface area contributed by atoms with E-state index in [9.17, 15) is 9.18 Å². The van der Waals surface area contributed by atoms with Crippen LogP contribution in [0, 0.1) is 5.82 Å². The van der Waals surface area contributed by atoms with E-state index in [4.69, 9.17) is 4.74 Å². The molecule has 0 spiro atoms. The van der Waals surface area contributed by atoms with Crippen molar-refractivity contribution in [3.63, 3.8) is 0 Å². The molecule has 0 saturated heterocycles. The maximum atomic E-state index is 13.8. The predicted molar refractivity (Wildman–Crippen MR) is 71.9 cm³/mol. The van der Waals surface area contributed by atoms with Gasteiger partial charge >= 0.3 is 0 Å². The number of halogens is 1. The van der Waals surface area contributed by atoms with E-state index in [0.29, 0.717) is 5.56 Å². The summed E-state index contributed by atoms with van der Waals surface area (Å²) in [6.45, 7) is 3.67. The highest BCUT2D eigenvalue weighted by atomic mass is 19.1. The molecule has 1 aromatic carbocycles. The fourth-order valence-corrected chi connectivity index (χ4v) is 2.33. The fourth-order valence-electron chi connectivity index (χ4n) is 2.33. The number of amides is 1. The first kappa shape index (κ1) is 13.8. The van der Waals surface area contributed by atoms with E-state index < -0.39 is 5.82 Å². The number of rotatable bonds is 4. The maximum absolute atomic E-state index is 13.8. The van der Waals surface area contributed by atoms with Crippen molar-refractivity contribution < 1.29 is 13.9 Å². The summed E-state index contributed by atoms with van der Waals surface area (Å²) in [5, 5.41) is 2.94. The van der Waals surface area contributed by atoms with Gasteiger partial charge in [0.15, 0.2) is 11.6 Å². The average Bonchev–Trinajstić information content (AvgIpc) is 2.84. The van der Waals surface area contributed by atoms with Gasteiger partial charge in [0, 0.05) is 11.6 Å². The average molecular weight is 265 g/mol. The standard InChI is InChI=1S/C15H20FNO2/c1-10(2)19-14-8-7-11(9-13(14)16)15(18)17-12-5-3-4-6-12/h7-10,12H,3-6H2,1-2H3,(H,17,18).